The van der Waals surface area contributed by atoms with Crippen LogP contribution < -0.4 is 15.9 Å². The van der Waals surface area contributed by atoms with E-state index in [4.69, 9.17) is 0 Å². The summed E-state index contributed by atoms with van der Waals surface area (Å²) in [4.78, 5) is 14.3. The van der Waals surface area contributed by atoms with Crippen molar-refractivity contribution in [3.05, 3.63) is 90.5 Å². The number of benzene rings is 3. The molecule has 3 aromatic carbocycles. The molecule has 3 aromatic rings. The van der Waals surface area contributed by atoms with Gasteiger partial charge in [0.05, 0.1) is 0 Å². The first-order valence-electron chi connectivity index (χ1n) is 7.89. The topological polar surface area (TPSA) is 20.3 Å². The third-order valence-corrected chi connectivity index (χ3v) is 6.31. The third-order valence-electron chi connectivity index (χ3n) is 3.81. The summed E-state index contributed by atoms with van der Waals surface area (Å²) in [5.41, 5.74) is 0.779. The van der Waals surface area contributed by atoms with E-state index >= 15 is 0 Å². The van der Waals surface area contributed by atoms with Crippen LogP contribution in [-0.2, 0) is 0 Å². The Morgan fingerprint density at radius 3 is 1.67 bits per heavy atom. The molecule has 0 aliphatic rings. The molecule has 2 nitrogen and oxygen atoms in total. The Bertz CT molecular complexity index is 776. The predicted octanol–water partition coefficient (Wildman–Crippen LogP) is 3.15. The molecule has 120 valence electrons. The van der Waals surface area contributed by atoms with Crippen molar-refractivity contribution in [1.82, 2.24) is 4.90 Å². The van der Waals surface area contributed by atoms with Gasteiger partial charge in [-0.3, -0.25) is 4.79 Å². The predicted molar refractivity (Wildman–Crippen MR) is 103 cm³/mol. The second-order valence-corrected chi connectivity index (χ2v) is 7.91. The Balaban J connectivity index is 2.20. The number of hydrogen-bond donors (Lipinski definition) is 0. The average molecular weight is 333 g/mol. The van der Waals surface area contributed by atoms with E-state index in [2.05, 4.69) is 54.6 Å². The second kappa shape index (κ2) is 7.42. The summed E-state index contributed by atoms with van der Waals surface area (Å²) in [5.74, 6) is 0.0463. The minimum Gasteiger partial charge on any atom is -0.345 e. The van der Waals surface area contributed by atoms with Crippen molar-refractivity contribution in [2.75, 3.05) is 14.1 Å². The van der Waals surface area contributed by atoms with E-state index in [9.17, 15) is 4.79 Å². The lowest BCUT2D eigenvalue weighted by molar-refractivity contribution is 0.0829. The van der Waals surface area contributed by atoms with Gasteiger partial charge >= 0.3 is 0 Å². The minimum atomic E-state index is -0.772. The van der Waals surface area contributed by atoms with Crippen molar-refractivity contribution in [3.63, 3.8) is 0 Å². The summed E-state index contributed by atoms with van der Waals surface area (Å²) in [7, 11) is 2.82. The highest BCUT2D eigenvalue weighted by Gasteiger charge is 2.22. The molecular weight excluding hydrogens is 313 g/mol. The molecule has 0 aliphatic heterocycles. The summed E-state index contributed by atoms with van der Waals surface area (Å²) in [6, 6.07) is 28.9. The zero-order chi connectivity index (χ0) is 16.9. The number of carbonyl (C=O) groups excluding carboxylic acids is 1. The fourth-order valence-corrected chi connectivity index (χ4v) is 5.11. The van der Waals surface area contributed by atoms with Crippen LogP contribution in [0.4, 0.5) is 0 Å². The van der Waals surface area contributed by atoms with Crippen LogP contribution in [0.1, 0.15) is 10.4 Å². The zero-order valence-electron chi connectivity index (χ0n) is 13.9. The lowest BCUT2D eigenvalue weighted by Crippen LogP contribution is -2.30. The third kappa shape index (κ3) is 3.39. The number of hydrogen-bond acceptors (Lipinski definition) is 1. The van der Waals surface area contributed by atoms with Crippen molar-refractivity contribution in [3.8, 4) is 0 Å². The van der Waals surface area contributed by atoms with Crippen molar-refractivity contribution < 1.29 is 4.79 Å². The fourth-order valence-electron chi connectivity index (χ4n) is 2.67. The summed E-state index contributed by atoms with van der Waals surface area (Å²) < 4.78 is 0. The van der Waals surface area contributed by atoms with Crippen LogP contribution in [0.3, 0.4) is 0 Å². The number of nitrogens with zero attached hydrogens (tertiary/aromatic N) is 1. The van der Waals surface area contributed by atoms with Gasteiger partial charge in [-0.05, 0) is 29.9 Å². The molecule has 0 saturated carbocycles. The Morgan fingerprint density at radius 1 is 0.708 bits per heavy atom. The number of carbonyl (C=O) groups is 1. The highest BCUT2D eigenvalue weighted by atomic mass is 31.1. The first-order chi connectivity index (χ1) is 11.7. The molecule has 0 radical (unpaired) electrons. The van der Waals surface area contributed by atoms with Crippen molar-refractivity contribution in [2.45, 2.75) is 0 Å². The van der Waals surface area contributed by atoms with Gasteiger partial charge in [0, 0.05) is 19.7 Å². The normalized spacial score (nSPS) is 10.6. The van der Waals surface area contributed by atoms with Gasteiger partial charge in [0.25, 0.3) is 5.91 Å². The molecule has 0 unspecified atom stereocenters. The van der Waals surface area contributed by atoms with Gasteiger partial charge in [-0.15, -0.1) is 0 Å². The molecule has 24 heavy (non-hydrogen) atoms. The molecule has 3 rings (SSSR count). The molecule has 0 bridgehead atoms. The van der Waals surface area contributed by atoms with Gasteiger partial charge < -0.3 is 4.90 Å². The molecule has 0 saturated heterocycles. The molecule has 0 aromatic heterocycles. The fraction of sp³-hybridized carbons (Fsp3) is 0.0952. The summed E-state index contributed by atoms with van der Waals surface area (Å²) in [6.45, 7) is 0. The summed E-state index contributed by atoms with van der Waals surface area (Å²) >= 11 is 0. The van der Waals surface area contributed by atoms with Crippen molar-refractivity contribution >= 4 is 29.7 Å². The second-order valence-electron chi connectivity index (χ2n) is 5.72. The Hall–Kier alpha value is -2.44. The van der Waals surface area contributed by atoms with Crippen molar-refractivity contribution in [2.24, 2.45) is 0 Å². The van der Waals surface area contributed by atoms with E-state index in [0.29, 0.717) is 0 Å². The van der Waals surface area contributed by atoms with E-state index in [1.165, 1.54) is 10.6 Å². The lowest BCUT2D eigenvalue weighted by Gasteiger charge is -2.23. The standard InChI is InChI=1S/C21H20NOP/c1-22(2)21(23)19-15-9-10-16-20(19)24(17-11-5-3-6-12-17)18-13-7-4-8-14-18/h3-16H,1-2H3. The summed E-state index contributed by atoms with van der Waals surface area (Å²) in [6.07, 6.45) is 0. The first-order valence-corrected chi connectivity index (χ1v) is 9.23. The number of rotatable bonds is 4. The van der Waals surface area contributed by atoms with Gasteiger partial charge in [-0.1, -0.05) is 78.9 Å². The van der Waals surface area contributed by atoms with Crippen LogP contribution >= 0.6 is 7.92 Å². The van der Waals surface area contributed by atoms with Crippen LogP contribution in [0.5, 0.6) is 0 Å². The highest BCUT2D eigenvalue weighted by Crippen LogP contribution is 2.34. The lowest BCUT2D eigenvalue weighted by atomic mass is 10.2. The maximum Gasteiger partial charge on any atom is 0.254 e. The maximum atomic E-state index is 12.7. The first kappa shape index (κ1) is 16.4. The van der Waals surface area contributed by atoms with E-state index < -0.39 is 7.92 Å². The molecule has 0 N–H and O–H groups in total. The quantitative estimate of drug-likeness (QED) is 0.672. The molecule has 0 fully saturated rings. The largest absolute Gasteiger partial charge is 0.345 e. The van der Waals surface area contributed by atoms with E-state index in [1.807, 2.05) is 30.3 Å². The Morgan fingerprint density at radius 2 is 1.17 bits per heavy atom. The zero-order valence-corrected chi connectivity index (χ0v) is 14.8. The Labute approximate surface area is 144 Å². The van der Waals surface area contributed by atoms with Crippen LogP contribution in [0, 0.1) is 0 Å². The molecule has 0 heterocycles. The molecule has 0 aliphatic carbocycles. The van der Waals surface area contributed by atoms with Gasteiger partial charge in [0.1, 0.15) is 0 Å². The SMILES string of the molecule is CN(C)C(=O)c1ccccc1P(c1ccccc1)c1ccccc1. The van der Waals surface area contributed by atoms with E-state index in [-0.39, 0.29) is 5.91 Å². The Kier molecular flexibility index (Phi) is 5.08. The van der Waals surface area contributed by atoms with E-state index in [1.54, 1.807) is 19.0 Å². The van der Waals surface area contributed by atoms with Gasteiger partial charge in [-0.25, -0.2) is 0 Å². The molecular formula is C21H20NOP. The maximum absolute atomic E-state index is 12.7. The average Bonchev–Trinajstić information content (AvgIpc) is 2.63. The molecule has 3 heteroatoms. The summed E-state index contributed by atoms with van der Waals surface area (Å²) in [5, 5.41) is 3.60. The van der Waals surface area contributed by atoms with Crippen LogP contribution in [0.25, 0.3) is 0 Å². The van der Waals surface area contributed by atoms with Crippen LogP contribution in [0.15, 0.2) is 84.9 Å². The van der Waals surface area contributed by atoms with Crippen LogP contribution in [-0.4, -0.2) is 24.9 Å². The van der Waals surface area contributed by atoms with Gasteiger partial charge in [0.2, 0.25) is 0 Å². The van der Waals surface area contributed by atoms with Gasteiger partial charge in [-0.2, -0.15) is 0 Å². The monoisotopic (exact) mass is 333 g/mol. The number of amides is 1. The smallest absolute Gasteiger partial charge is 0.254 e. The van der Waals surface area contributed by atoms with Crippen molar-refractivity contribution in [1.29, 1.82) is 0 Å². The van der Waals surface area contributed by atoms with E-state index in [0.717, 1.165) is 10.9 Å². The van der Waals surface area contributed by atoms with Gasteiger partial charge in [0.15, 0.2) is 0 Å². The molecule has 0 atom stereocenters. The molecule has 0 spiro atoms. The minimum absolute atomic E-state index is 0.0463. The highest BCUT2D eigenvalue weighted by molar-refractivity contribution is 7.80. The van der Waals surface area contributed by atoms with Crippen LogP contribution in [0.2, 0.25) is 0 Å². The molecule has 1 amide bonds.